The van der Waals surface area contributed by atoms with Gasteiger partial charge in [0.1, 0.15) is 6.61 Å². The number of amides is 1. The van der Waals surface area contributed by atoms with E-state index in [1.165, 1.54) is 0 Å². The van der Waals surface area contributed by atoms with Crippen molar-refractivity contribution in [1.29, 1.82) is 0 Å². The molecular weight excluding hydrogens is 205 g/mol. The van der Waals surface area contributed by atoms with Gasteiger partial charge in [-0.1, -0.05) is 15.9 Å². The molecule has 0 aliphatic heterocycles. The molecule has 0 radical (unpaired) electrons. The second kappa shape index (κ2) is 5.22. The van der Waals surface area contributed by atoms with Crippen molar-refractivity contribution >= 4 is 22.0 Å². The van der Waals surface area contributed by atoms with Crippen molar-refractivity contribution in [2.45, 2.75) is 0 Å². The lowest BCUT2D eigenvalue weighted by Gasteiger charge is -1.99. The van der Waals surface area contributed by atoms with Gasteiger partial charge in [0.05, 0.1) is 6.33 Å². The second-order valence-corrected chi connectivity index (χ2v) is 2.07. The molecule has 0 rings (SSSR count). The Bertz CT molecular complexity index is 149. The fourth-order valence-electron chi connectivity index (χ4n) is 0.263. The molecule has 1 amide bonds. The van der Waals surface area contributed by atoms with Crippen molar-refractivity contribution in [2.24, 2.45) is 5.73 Å². The molecule has 3 nitrogen and oxygen atoms in total. The van der Waals surface area contributed by atoms with Crippen LogP contribution in [0.5, 0.6) is 0 Å². The standard InChI is InChI=1S/C5H7BrFNO2/c6-1-4(2-7)3-10-5(8)9/h2H,1,3H2,(H2,8,9)/b4-2+. The van der Waals surface area contributed by atoms with Gasteiger partial charge in [-0.15, -0.1) is 0 Å². The molecule has 0 saturated carbocycles. The van der Waals surface area contributed by atoms with Gasteiger partial charge >= 0.3 is 6.09 Å². The molecule has 5 heteroatoms. The number of rotatable bonds is 3. The molecule has 0 saturated heterocycles. The number of halogens is 2. The molecule has 0 aliphatic carbocycles. The highest BCUT2D eigenvalue weighted by molar-refractivity contribution is 9.09. The Balaban J connectivity index is 3.56. The molecule has 0 bridgehead atoms. The summed E-state index contributed by atoms with van der Waals surface area (Å²) in [5.41, 5.74) is 4.96. The van der Waals surface area contributed by atoms with Crippen LogP contribution in [0.2, 0.25) is 0 Å². The molecular formula is C5H7BrFNO2. The fraction of sp³-hybridized carbons (Fsp3) is 0.400. The van der Waals surface area contributed by atoms with Gasteiger partial charge in [-0.3, -0.25) is 0 Å². The van der Waals surface area contributed by atoms with Crippen LogP contribution in [0.25, 0.3) is 0 Å². The minimum absolute atomic E-state index is 0.100. The highest BCUT2D eigenvalue weighted by Crippen LogP contribution is 2.00. The van der Waals surface area contributed by atoms with Crippen molar-refractivity contribution in [2.75, 3.05) is 11.9 Å². The summed E-state index contributed by atoms with van der Waals surface area (Å²) < 4.78 is 16.0. The van der Waals surface area contributed by atoms with E-state index >= 15 is 0 Å². The first kappa shape index (κ1) is 9.42. The zero-order valence-electron chi connectivity index (χ0n) is 5.14. The van der Waals surface area contributed by atoms with Gasteiger partial charge in [-0.25, -0.2) is 9.18 Å². The molecule has 0 atom stereocenters. The number of hydrogen-bond donors (Lipinski definition) is 1. The second-order valence-electron chi connectivity index (χ2n) is 1.51. The van der Waals surface area contributed by atoms with Gasteiger partial charge in [0.25, 0.3) is 0 Å². The van der Waals surface area contributed by atoms with Gasteiger partial charge in [0.15, 0.2) is 0 Å². The zero-order chi connectivity index (χ0) is 7.98. The van der Waals surface area contributed by atoms with Crippen LogP contribution in [-0.2, 0) is 4.74 Å². The number of carbonyl (C=O) groups excluding carboxylic acids is 1. The van der Waals surface area contributed by atoms with E-state index in [1.54, 1.807) is 0 Å². The first-order valence-corrected chi connectivity index (χ1v) is 3.59. The van der Waals surface area contributed by atoms with E-state index in [2.05, 4.69) is 26.4 Å². The molecule has 0 aromatic heterocycles. The first-order valence-electron chi connectivity index (χ1n) is 2.47. The smallest absolute Gasteiger partial charge is 0.404 e. The molecule has 10 heavy (non-hydrogen) atoms. The van der Waals surface area contributed by atoms with E-state index < -0.39 is 6.09 Å². The summed E-state index contributed by atoms with van der Waals surface area (Å²) in [5.74, 6) is 0. The Morgan fingerprint density at radius 2 is 2.40 bits per heavy atom. The monoisotopic (exact) mass is 211 g/mol. The van der Waals surface area contributed by atoms with E-state index in [9.17, 15) is 9.18 Å². The predicted molar refractivity (Wildman–Crippen MR) is 38.5 cm³/mol. The van der Waals surface area contributed by atoms with E-state index in [0.717, 1.165) is 0 Å². The molecule has 2 N–H and O–H groups in total. The molecule has 0 spiro atoms. The molecule has 0 fully saturated rings. The Morgan fingerprint density at radius 1 is 1.80 bits per heavy atom. The summed E-state index contributed by atoms with van der Waals surface area (Å²) in [5, 5.41) is 0.330. The van der Waals surface area contributed by atoms with Crippen LogP contribution in [0, 0.1) is 0 Å². The third kappa shape index (κ3) is 4.31. The summed E-state index contributed by atoms with van der Waals surface area (Å²) in [6, 6.07) is 0. The zero-order valence-corrected chi connectivity index (χ0v) is 6.73. The number of nitrogens with two attached hydrogens (primary N) is 1. The van der Waals surface area contributed by atoms with E-state index in [-0.39, 0.29) is 6.61 Å². The number of hydrogen-bond acceptors (Lipinski definition) is 2. The summed E-state index contributed by atoms with van der Waals surface area (Å²) >= 11 is 2.99. The molecule has 0 aliphatic rings. The molecule has 0 aromatic rings. The van der Waals surface area contributed by atoms with Crippen LogP contribution < -0.4 is 5.73 Å². The maximum absolute atomic E-state index is 11.7. The Labute approximate surface area is 66.2 Å². The highest BCUT2D eigenvalue weighted by Gasteiger charge is 1.97. The van der Waals surface area contributed by atoms with Crippen LogP contribution in [-0.4, -0.2) is 18.0 Å². The average Bonchev–Trinajstić information content (AvgIpc) is 1.90. The van der Waals surface area contributed by atoms with Gasteiger partial charge < -0.3 is 10.5 Å². The normalized spacial score (nSPS) is 11.2. The Hall–Kier alpha value is -0.580. The maximum Gasteiger partial charge on any atom is 0.404 e. The summed E-state index contributed by atoms with van der Waals surface area (Å²) in [4.78, 5) is 9.97. The third-order valence-corrected chi connectivity index (χ3v) is 1.45. The minimum Gasteiger partial charge on any atom is -0.445 e. The predicted octanol–water partition coefficient (Wildman–Crippen LogP) is 1.33. The largest absolute Gasteiger partial charge is 0.445 e. The Morgan fingerprint density at radius 3 is 2.70 bits per heavy atom. The molecule has 0 unspecified atom stereocenters. The van der Waals surface area contributed by atoms with Crippen molar-refractivity contribution in [3.05, 3.63) is 11.9 Å². The molecule has 0 heterocycles. The van der Waals surface area contributed by atoms with Crippen LogP contribution in [0.1, 0.15) is 0 Å². The fourth-order valence-corrected chi connectivity index (χ4v) is 0.547. The SMILES string of the molecule is NC(=O)OC/C(=C/F)CBr. The third-order valence-electron chi connectivity index (χ3n) is 0.726. The van der Waals surface area contributed by atoms with Crippen molar-refractivity contribution in [1.82, 2.24) is 0 Å². The number of primary amides is 1. The van der Waals surface area contributed by atoms with Crippen LogP contribution >= 0.6 is 15.9 Å². The quantitative estimate of drug-likeness (QED) is 0.717. The lowest BCUT2D eigenvalue weighted by atomic mass is 10.4. The lowest BCUT2D eigenvalue weighted by molar-refractivity contribution is 0.166. The van der Waals surface area contributed by atoms with Gasteiger partial charge in [0, 0.05) is 10.9 Å². The number of alkyl halides is 1. The van der Waals surface area contributed by atoms with Crippen LogP contribution in [0.15, 0.2) is 11.9 Å². The Kier molecular flexibility index (Phi) is 4.92. The van der Waals surface area contributed by atoms with Gasteiger partial charge in [0.2, 0.25) is 0 Å². The topological polar surface area (TPSA) is 52.3 Å². The van der Waals surface area contributed by atoms with E-state index in [1.807, 2.05) is 0 Å². The lowest BCUT2D eigenvalue weighted by Crippen LogP contribution is -2.14. The van der Waals surface area contributed by atoms with Crippen molar-refractivity contribution < 1.29 is 13.9 Å². The van der Waals surface area contributed by atoms with Crippen molar-refractivity contribution in [3.8, 4) is 0 Å². The molecule has 0 aromatic carbocycles. The van der Waals surface area contributed by atoms with E-state index in [4.69, 9.17) is 0 Å². The summed E-state index contributed by atoms with van der Waals surface area (Å²) in [6.07, 6.45) is -0.530. The van der Waals surface area contributed by atoms with Gasteiger partial charge in [-0.05, 0) is 0 Å². The minimum atomic E-state index is -0.902. The summed E-state index contributed by atoms with van der Waals surface area (Å²) in [7, 11) is 0. The number of carbonyl (C=O) groups is 1. The van der Waals surface area contributed by atoms with Crippen LogP contribution in [0.3, 0.4) is 0 Å². The van der Waals surface area contributed by atoms with Crippen LogP contribution in [0.4, 0.5) is 9.18 Å². The van der Waals surface area contributed by atoms with Crippen molar-refractivity contribution in [3.63, 3.8) is 0 Å². The summed E-state index contributed by atoms with van der Waals surface area (Å²) in [6.45, 7) is -0.100. The highest BCUT2D eigenvalue weighted by atomic mass is 79.9. The van der Waals surface area contributed by atoms with E-state index in [0.29, 0.717) is 17.2 Å². The first-order chi connectivity index (χ1) is 4.70. The average molecular weight is 212 g/mol. The number of ether oxygens (including phenoxy) is 1. The van der Waals surface area contributed by atoms with Gasteiger partial charge in [-0.2, -0.15) is 0 Å². The molecule has 58 valence electrons. The maximum atomic E-state index is 11.7.